The molecular weight excluding hydrogens is 1100 g/mol. The fourth-order valence-electron chi connectivity index (χ4n) is 11.7. The summed E-state index contributed by atoms with van der Waals surface area (Å²) in [6.45, 7) is 2.80. The molecule has 2 aliphatic rings. The van der Waals surface area contributed by atoms with E-state index >= 15 is 0 Å². The molecule has 2 heterocycles. The van der Waals surface area contributed by atoms with Gasteiger partial charge in [-0.2, -0.15) is 0 Å². The minimum absolute atomic E-state index is 0.246. The number of carbonyl (C=O) groups excluding carboxylic acids is 1. The standard InChI is InChI=1S/C73H133NO13/c1-3-5-7-9-11-13-15-17-19-21-23-25-26-27-28-29-30-31-32-33-34-35-36-37-39-41-43-45-47-49-51-53-55-57-65(78)74-61(62(77)56-54-52-50-48-46-44-42-40-38-24-22-20-18-16-14-12-10-8-6-4-2)60-84-72-70(83)68(81)71(64(59-76)86-72)87-73-69(82)67(80)66(79)63(58-75)85-73/h15,17,21,23,26-27,46,48,54,56,61-64,66-73,75-77,79-83H,3-14,16,18-20,22,24-25,28-45,47,49-53,55,57-60H2,1-2H3,(H,74,78)/b17-15-,23-21-,27-26-,48-46+,56-54+. The van der Waals surface area contributed by atoms with Crippen molar-refractivity contribution >= 4 is 5.91 Å². The number of ether oxygens (including phenoxy) is 4. The number of allylic oxidation sites excluding steroid dienone is 9. The van der Waals surface area contributed by atoms with Crippen LogP contribution in [0.4, 0.5) is 0 Å². The monoisotopic (exact) mass is 1230 g/mol. The Morgan fingerprint density at radius 3 is 1.21 bits per heavy atom. The Kier molecular flexibility index (Phi) is 53.5. The SMILES string of the molecule is CCCCCCC/C=C\C/C=C\C/C=C\CCCCCCCCCCCCCCCCCCCCC(=O)NC(COC1OC(CO)C(OC2OC(CO)C(O)C(O)C2O)C(O)C1O)C(O)/C=C/CC/C=C/CCCCCCCCCCCCCCCC. The molecule has 2 aliphatic heterocycles. The van der Waals surface area contributed by atoms with Crippen LogP contribution in [0.3, 0.4) is 0 Å². The highest BCUT2D eigenvalue weighted by molar-refractivity contribution is 5.76. The number of aliphatic hydroxyl groups excluding tert-OH is 8. The van der Waals surface area contributed by atoms with E-state index in [2.05, 4.69) is 67.8 Å². The van der Waals surface area contributed by atoms with Crippen molar-refractivity contribution in [1.82, 2.24) is 5.32 Å². The molecule has 508 valence electrons. The molecule has 0 aromatic heterocycles. The Morgan fingerprint density at radius 2 is 0.770 bits per heavy atom. The summed E-state index contributed by atoms with van der Waals surface area (Å²) < 4.78 is 22.8. The summed E-state index contributed by atoms with van der Waals surface area (Å²) in [5.74, 6) is -0.246. The number of aliphatic hydroxyl groups is 8. The molecule has 1 amide bonds. The lowest BCUT2D eigenvalue weighted by atomic mass is 9.97. The van der Waals surface area contributed by atoms with Crippen molar-refractivity contribution in [2.24, 2.45) is 0 Å². The number of hydrogen-bond donors (Lipinski definition) is 9. The first-order valence-electron chi connectivity index (χ1n) is 36.0. The molecule has 0 saturated carbocycles. The van der Waals surface area contributed by atoms with E-state index in [1.807, 2.05) is 6.08 Å². The van der Waals surface area contributed by atoms with Gasteiger partial charge in [0.15, 0.2) is 12.6 Å². The molecule has 0 aromatic carbocycles. The van der Waals surface area contributed by atoms with Gasteiger partial charge in [-0.05, 0) is 70.6 Å². The molecule has 2 saturated heterocycles. The Morgan fingerprint density at radius 1 is 0.414 bits per heavy atom. The molecule has 12 unspecified atom stereocenters. The van der Waals surface area contributed by atoms with Crippen molar-refractivity contribution in [2.75, 3.05) is 19.8 Å². The Labute approximate surface area is 530 Å². The summed E-state index contributed by atoms with van der Waals surface area (Å²) in [4.78, 5) is 13.3. The molecule has 0 spiro atoms. The van der Waals surface area contributed by atoms with Crippen LogP contribution in [0.15, 0.2) is 60.8 Å². The Hall–Kier alpha value is -2.31. The normalized spacial score (nSPS) is 23.6. The first kappa shape index (κ1) is 80.8. The second kappa shape index (κ2) is 57.6. The van der Waals surface area contributed by atoms with E-state index in [4.69, 9.17) is 18.9 Å². The highest BCUT2D eigenvalue weighted by atomic mass is 16.7. The van der Waals surface area contributed by atoms with Gasteiger partial charge in [0, 0.05) is 6.42 Å². The van der Waals surface area contributed by atoms with Gasteiger partial charge in [-0.25, -0.2) is 0 Å². The summed E-state index contributed by atoms with van der Waals surface area (Å²) >= 11 is 0. The summed E-state index contributed by atoms with van der Waals surface area (Å²) in [6, 6.07) is -0.933. The Balaban J connectivity index is 1.65. The van der Waals surface area contributed by atoms with Crippen LogP contribution in [-0.2, 0) is 23.7 Å². The second-order valence-corrected chi connectivity index (χ2v) is 25.4. The summed E-state index contributed by atoms with van der Waals surface area (Å²) in [6.07, 6.45) is 60.0. The number of hydrogen-bond acceptors (Lipinski definition) is 13. The van der Waals surface area contributed by atoms with Crippen molar-refractivity contribution in [3.05, 3.63) is 60.8 Å². The molecule has 0 aliphatic carbocycles. The Bertz CT molecular complexity index is 1690. The molecule has 9 N–H and O–H groups in total. The van der Waals surface area contributed by atoms with E-state index in [0.717, 1.165) is 44.9 Å². The van der Waals surface area contributed by atoms with Gasteiger partial charge in [0.2, 0.25) is 5.91 Å². The van der Waals surface area contributed by atoms with Gasteiger partial charge in [-0.15, -0.1) is 0 Å². The second-order valence-electron chi connectivity index (χ2n) is 25.4. The maximum Gasteiger partial charge on any atom is 0.220 e. The van der Waals surface area contributed by atoms with Gasteiger partial charge in [-0.3, -0.25) is 4.79 Å². The van der Waals surface area contributed by atoms with Crippen LogP contribution in [-0.4, -0.2) is 140 Å². The van der Waals surface area contributed by atoms with Gasteiger partial charge < -0.3 is 65.1 Å². The predicted molar refractivity (Wildman–Crippen MR) is 355 cm³/mol. The maximum absolute atomic E-state index is 13.3. The van der Waals surface area contributed by atoms with Crippen LogP contribution in [0.5, 0.6) is 0 Å². The topological polar surface area (TPSA) is 228 Å². The first-order valence-corrected chi connectivity index (χ1v) is 36.0. The minimum Gasteiger partial charge on any atom is -0.394 e. The number of nitrogens with one attached hydrogen (secondary N) is 1. The van der Waals surface area contributed by atoms with E-state index in [-0.39, 0.29) is 18.9 Å². The summed E-state index contributed by atoms with van der Waals surface area (Å²) in [7, 11) is 0. The van der Waals surface area contributed by atoms with E-state index in [0.29, 0.717) is 12.8 Å². The molecule has 0 radical (unpaired) electrons. The largest absolute Gasteiger partial charge is 0.394 e. The maximum atomic E-state index is 13.3. The lowest BCUT2D eigenvalue weighted by Gasteiger charge is -2.46. The van der Waals surface area contributed by atoms with Gasteiger partial charge in [0.05, 0.1) is 32.0 Å². The van der Waals surface area contributed by atoms with Crippen LogP contribution in [0.2, 0.25) is 0 Å². The third-order valence-electron chi connectivity index (χ3n) is 17.4. The van der Waals surface area contributed by atoms with E-state index in [1.165, 1.54) is 225 Å². The van der Waals surface area contributed by atoms with Crippen LogP contribution >= 0.6 is 0 Å². The molecule has 0 aromatic rings. The highest BCUT2D eigenvalue weighted by Gasteiger charge is 2.51. The average molecular weight is 1230 g/mol. The van der Waals surface area contributed by atoms with Crippen molar-refractivity contribution in [3.8, 4) is 0 Å². The highest BCUT2D eigenvalue weighted by Crippen LogP contribution is 2.30. The molecule has 87 heavy (non-hydrogen) atoms. The lowest BCUT2D eigenvalue weighted by Crippen LogP contribution is -2.65. The molecule has 0 bridgehead atoms. The number of unbranched alkanes of at least 4 members (excludes halogenated alkanes) is 38. The number of carbonyl (C=O) groups is 1. The fourth-order valence-corrected chi connectivity index (χ4v) is 11.7. The van der Waals surface area contributed by atoms with Crippen molar-refractivity contribution in [3.63, 3.8) is 0 Å². The van der Waals surface area contributed by atoms with Gasteiger partial charge in [0.25, 0.3) is 0 Å². The average Bonchev–Trinajstić information content (AvgIpc) is 2.59. The van der Waals surface area contributed by atoms with Crippen molar-refractivity contribution < 1.29 is 64.6 Å². The molecule has 14 heteroatoms. The molecule has 14 nitrogen and oxygen atoms in total. The summed E-state index contributed by atoms with van der Waals surface area (Å²) in [5.41, 5.74) is 0. The minimum atomic E-state index is -1.79. The molecule has 2 fully saturated rings. The van der Waals surface area contributed by atoms with E-state index < -0.39 is 86.8 Å². The van der Waals surface area contributed by atoms with Crippen molar-refractivity contribution in [2.45, 2.75) is 376 Å². The van der Waals surface area contributed by atoms with Gasteiger partial charge in [0.1, 0.15) is 48.8 Å². The van der Waals surface area contributed by atoms with Crippen molar-refractivity contribution in [1.29, 1.82) is 0 Å². The summed E-state index contributed by atoms with van der Waals surface area (Å²) in [5, 5.41) is 87.4. The van der Waals surface area contributed by atoms with E-state index in [9.17, 15) is 45.6 Å². The number of rotatable bonds is 59. The van der Waals surface area contributed by atoms with Crippen LogP contribution in [0.25, 0.3) is 0 Å². The zero-order valence-electron chi connectivity index (χ0n) is 55.3. The fraction of sp³-hybridized carbons (Fsp3) is 0.849. The van der Waals surface area contributed by atoms with Crippen LogP contribution in [0, 0.1) is 0 Å². The smallest absolute Gasteiger partial charge is 0.220 e. The third-order valence-corrected chi connectivity index (χ3v) is 17.4. The quantitative estimate of drug-likeness (QED) is 0.0204. The molecule has 12 atom stereocenters. The van der Waals surface area contributed by atoms with Crippen LogP contribution in [0.1, 0.15) is 303 Å². The number of amides is 1. The lowest BCUT2D eigenvalue weighted by molar-refractivity contribution is -0.359. The van der Waals surface area contributed by atoms with E-state index in [1.54, 1.807) is 6.08 Å². The van der Waals surface area contributed by atoms with Gasteiger partial charge >= 0.3 is 0 Å². The zero-order valence-corrected chi connectivity index (χ0v) is 55.3. The predicted octanol–water partition coefficient (Wildman–Crippen LogP) is 14.8. The van der Waals surface area contributed by atoms with Crippen LogP contribution < -0.4 is 5.32 Å². The molecular formula is C73H133NO13. The zero-order chi connectivity index (χ0) is 63.1. The first-order chi connectivity index (χ1) is 42.6. The van der Waals surface area contributed by atoms with Gasteiger partial charge in [-0.1, -0.05) is 286 Å². The molecule has 2 rings (SSSR count). The third kappa shape index (κ3) is 41.7.